The van der Waals surface area contributed by atoms with E-state index in [9.17, 15) is 4.79 Å². The zero-order valence-electron chi connectivity index (χ0n) is 16.5. The van der Waals surface area contributed by atoms with Crippen LogP contribution in [0.3, 0.4) is 0 Å². The summed E-state index contributed by atoms with van der Waals surface area (Å²) in [5.41, 5.74) is 0. The summed E-state index contributed by atoms with van der Waals surface area (Å²) in [6.45, 7) is 6.19. The van der Waals surface area contributed by atoms with Crippen molar-refractivity contribution in [3.8, 4) is 5.75 Å². The van der Waals surface area contributed by atoms with E-state index in [-0.39, 0.29) is 5.91 Å². The number of benzene rings is 2. The van der Waals surface area contributed by atoms with Crippen molar-refractivity contribution < 1.29 is 9.53 Å². The van der Waals surface area contributed by atoms with E-state index >= 15 is 0 Å². The predicted molar refractivity (Wildman–Crippen MR) is 111 cm³/mol. The van der Waals surface area contributed by atoms with Crippen molar-refractivity contribution in [3.05, 3.63) is 42.5 Å². The summed E-state index contributed by atoms with van der Waals surface area (Å²) < 4.78 is 5.97. The number of likely N-dealkylation sites (tertiary alicyclic amines) is 1. The van der Waals surface area contributed by atoms with Crippen molar-refractivity contribution in [1.29, 1.82) is 0 Å². The number of rotatable bonds is 8. The van der Waals surface area contributed by atoms with Crippen LogP contribution < -0.4 is 10.1 Å². The van der Waals surface area contributed by atoms with Gasteiger partial charge in [0.25, 0.3) is 5.91 Å². The first-order valence-corrected chi connectivity index (χ1v) is 10.4. The lowest BCUT2D eigenvalue weighted by atomic mass is 10.1. The fourth-order valence-corrected chi connectivity index (χ4v) is 3.72. The van der Waals surface area contributed by atoms with Crippen LogP contribution in [0.5, 0.6) is 5.75 Å². The first-order chi connectivity index (χ1) is 13.3. The molecule has 0 aliphatic carbocycles. The van der Waals surface area contributed by atoms with Gasteiger partial charge in [-0.3, -0.25) is 4.79 Å². The Bertz CT molecular complexity index is 723. The summed E-state index contributed by atoms with van der Waals surface area (Å²) >= 11 is 0. The van der Waals surface area contributed by atoms with Crippen molar-refractivity contribution in [2.24, 2.45) is 0 Å². The van der Waals surface area contributed by atoms with E-state index < -0.39 is 6.10 Å². The Morgan fingerprint density at radius 1 is 1.07 bits per heavy atom. The molecule has 2 aromatic rings. The van der Waals surface area contributed by atoms with Crippen LogP contribution in [-0.2, 0) is 4.79 Å². The van der Waals surface area contributed by atoms with Crippen LogP contribution in [0.25, 0.3) is 10.8 Å². The lowest BCUT2D eigenvalue weighted by Gasteiger charge is -2.20. The van der Waals surface area contributed by atoms with Gasteiger partial charge in [0.05, 0.1) is 0 Å². The summed E-state index contributed by atoms with van der Waals surface area (Å²) in [5.74, 6) is 0.738. The van der Waals surface area contributed by atoms with Gasteiger partial charge in [-0.05, 0) is 68.2 Å². The van der Waals surface area contributed by atoms with Crippen LogP contribution in [-0.4, -0.2) is 43.1 Å². The van der Waals surface area contributed by atoms with Gasteiger partial charge in [0.15, 0.2) is 6.10 Å². The van der Waals surface area contributed by atoms with Crippen molar-refractivity contribution in [3.63, 3.8) is 0 Å². The Balaban J connectivity index is 1.45. The number of ether oxygens (including phenoxy) is 1. The van der Waals surface area contributed by atoms with Crippen LogP contribution in [0.15, 0.2) is 42.5 Å². The smallest absolute Gasteiger partial charge is 0.261 e. The molecule has 0 radical (unpaired) electrons. The van der Waals surface area contributed by atoms with E-state index in [0.717, 1.165) is 24.1 Å². The molecule has 0 saturated carbocycles. The molecule has 4 nitrogen and oxygen atoms in total. The molecule has 1 aliphatic rings. The lowest BCUT2D eigenvalue weighted by Crippen LogP contribution is -2.39. The summed E-state index contributed by atoms with van der Waals surface area (Å²) in [7, 11) is 0. The van der Waals surface area contributed by atoms with E-state index in [1.54, 1.807) is 0 Å². The normalized spacial score (nSPS) is 16.6. The molecule has 3 rings (SSSR count). The summed E-state index contributed by atoms with van der Waals surface area (Å²) in [6.07, 6.45) is 6.55. The standard InChI is InChI=1S/C23H32N2O2/c1-2-22(27-21-13-12-19-10-5-6-11-20(19)18-21)23(26)24-14-9-17-25-15-7-3-4-8-16-25/h5-6,10-13,18,22H,2-4,7-9,14-17H2,1H3,(H,24,26). The van der Waals surface area contributed by atoms with E-state index in [4.69, 9.17) is 4.74 Å². The molecule has 27 heavy (non-hydrogen) atoms. The van der Waals surface area contributed by atoms with Gasteiger partial charge in [0.2, 0.25) is 0 Å². The molecule has 1 fully saturated rings. The van der Waals surface area contributed by atoms with Gasteiger partial charge in [0, 0.05) is 6.54 Å². The van der Waals surface area contributed by atoms with Gasteiger partial charge in [-0.2, -0.15) is 0 Å². The number of fused-ring (bicyclic) bond motifs is 1. The third kappa shape index (κ3) is 5.96. The van der Waals surface area contributed by atoms with Crippen molar-refractivity contribution in [2.45, 2.75) is 51.6 Å². The molecule has 1 atom stereocenters. The molecule has 1 saturated heterocycles. The highest BCUT2D eigenvalue weighted by Crippen LogP contribution is 2.22. The molecule has 146 valence electrons. The Hall–Kier alpha value is -2.07. The number of hydrogen-bond donors (Lipinski definition) is 1. The number of carbonyl (C=O) groups is 1. The topological polar surface area (TPSA) is 41.6 Å². The summed E-state index contributed by atoms with van der Waals surface area (Å²) in [4.78, 5) is 15.0. The van der Waals surface area contributed by atoms with E-state index in [1.165, 1.54) is 44.2 Å². The van der Waals surface area contributed by atoms with Crippen molar-refractivity contribution >= 4 is 16.7 Å². The Morgan fingerprint density at radius 3 is 2.56 bits per heavy atom. The van der Waals surface area contributed by atoms with Crippen molar-refractivity contribution in [2.75, 3.05) is 26.2 Å². The zero-order valence-corrected chi connectivity index (χ0v) is 16.5. The maximum atomic E-state index is 12.5. The molecule has 0 aromatic heterocycles. The SMILES string of the molecule is CCC(Oc1ccc2ccccc2c1)C(=O)NCCCN1CCCCCC1. The molecular formula is C23H32N2O2. The highest BCUT2D eigenvalue weighted by atomic mass is 16.5. The molecule has 1 N–H and O–H groups in total. The highest BCUT2D eigenvalue weighted by molar-refractivity contribution is 5.84. The van der Waals surface area contributed by atoms with Gasteiger partial charge >= 0.3 is 0 Å². The van der Waals surface area contributed by atoms with Crippen LogP contribution in [0.4, 0.5) is 0 Å². The van der Waals surface area contributed by atoms with Crippen molar-refractivity contribution in [1.82, 2.24) is 10.2 Å². The van der Waals surface area contributed by atoms with Gasteiger partial charge < -0.3 is 15.0 Å². The largest absolute Gasteiger partial charge is 0.481 e. The first-order valence-electron chi connectivity index (χ1n) is 10.4. The molecule has 1 heterocycles. The molecule has 4 heteroatoms. The van der Waals surface area contributed by atoms with Crippen LogP contribution in [0.2, 0.25) is 0 Å². The third-order valence-electron chi connectivity index (χ3n) is 5.31. The zero-order chi connectivity index (χ0) is 18.9. The average Bonchev–Trinajstić information content (AvgIpc) is 2.98. The minimum Gasteiger partial charge on any atom is -0.481 e. The summed E-state index contributed by atoms with van der Waals surface area (Å²) in [5, 5.41) is 5.36. The van der Waals surface area contributed by atoms with E-state index in [1.807, 2.05) is 37.3 Å². The fraction of sp³-hybridized carbons (Fsp3) is 0.522. The number of amides is 1. The maximum absolute atomic E-state index is 12.5. The van der Waals surface area contributed by atoms with Gasteiger partial charge in [-0.25, -0.2) is 0 Å². The molecule has 1 unspecified atom stereocenters. The first kappa shape index (κ1) is 19.7. The quantitative estimate of drug-likeness (QED) is 0.703. The monoisotopic (exact) mass is 368 g/mol. The predicted octanol–water partition coefficient (Wildman–Crippen LogP) is 4.38. The molecule has 1 aliphatic heterocycles. The maximum Gasteiger partial charge on any atom is 0.261 e. The second kappa shape index (κ2) is 10.3. The molecule has 2 aromatic carbocycles. The molecule has 1 amide bonds. The van der Waals surface area contributed by atoms with Crippen LogP contribution in [0.1, 0.15) is 45.4 Å². The third-order valence-corrected chi connectivity index (χ3v) is 5.31. The summed E-state index contributed by atoms with van der Waals surface area (Å²) in [6, 6.07) is 14.2. The number of carbonyl (C=O) groups excluding carboxylic acids is 1. The minimum absolute atomic E-state index is 0.0125. The Morgan fingerprint density at radius 2 is 1.81 bits per heavy atom. The number of nitrogens with zero attached hydrogens (tertiary/aromatic N) is 1. The Labute approximate surface area is 162 Å². The fourth-order valence-electron chi connectivity index (χ4n) is 3.72. The van der Waals surface area contributed by atoms with E-state index in [2.05, 4.69) is 22.3 Å². The van der Waals surface area contributed by atoms with E-state index in [0.29, 0.717) is 13.0 Å². The van der Waals surface area contributed by atoms with Crippen LogP contribution >= 0.6 is 0 Å². The average molecular weight is 369 g/mol. The Kier molecular flexibility index (Phi) is 7.52. The lowest BCUT2D eigenvalue weighted by molar-refractivity contribution is -0.128. The molecular weight excluding hydrogens is 336 g/mol. The number of hydrogen-bond acceptors (Lipinski definition) is 3. The second-order valence-electron chi connectivity index (χ2n) is 7.42. The van der Waals surface area contributed by atoms with Gasteiger partial charge in [-0.15, -0.1) is 0 Å². The number of nitrogens with one attached hydrogen (secondary N) is 1. The minimum atomic E-state index is -0.440. The van der Waals surface area contributed by atoms with Gasteiger partial charge in [0.1, 0.15) is 5.75 Å². The van der Waals surface area contributed by atoms with Crippen LogP contribution in [0, 0.1) is 0 Å². The molecule has 0 bridgehead atoms. The molecule has 0 spiro atoms. The second-order valence-corrected chi connectivity index (χ2v) is 7.42. The highest BCUT2D eigenvalue weighted by Gasteiger charge is 2.18. The van der Waals surface area contributed by atoms with Gasteiger partial charge in [-0.1, -0.05) is 50.1 Å².